The number of rotatable bonds is 9. The number of ether oxygens (including phenoxy) is 1. The van der Waals surface area contributed by atoms with Crippen molar-refractivity contribution in [1.29, 1.82) is 0 Å². The first-order valence-corrected chi connectivity index (χ1v) is 13.4. The molecule has 1 aliphatic carbocycles. The monoisotopic (exact) mass is 507 g/mol. The van der Waals surface area contributed by atoms with Gasteiger partial charge in [0.25, 0.3) is 0 Å². The molecule has 5 rings (SSSR count). The van der Waals surface area contributed by atoms with Gasteiger partial charge in [0.05, 0.1) is 11.0 Å². The minimum absolute atomic E-state index is 0.0568. The van der Waals surface area contributed by atoms with E-state index in [9.17, 15) is 23.5 Å². The molecule has 3 aliphatic rings. The van der Waals surface area contributed by atoms with Crippen molar-refractivity contribution in [3.05, 3.63) is 63.7 Å². The van der Waals surface area contributed by atoms with E-state index in [-0.39, 0.29) is 30.2 Å². The zero-order valence-electron chi connectivity index (χ0n) is 19.4. The van der Waals surface area contributed by atoms with Crippen molar-refractivity contribution >= 4 is 13.4 Å². The van der Waals surface area contributed by atoms with Gasteiger partial charge in [-0.05, 0) is 61.1 Å². The summed E-state index contributed by atoms with van der Waals surface area (Å²) in [6.45, 7) is 4.69. The molecule has 2 heterocycles. The SMILES string of the molecule is CC(OP(=O)(N1CC1)N1CC1)c1ccc([N+](=O)[O-])c(Oc2ccc(C3CCC(F)(F)CC3)cc2)c1. The predicted molar refractivity (Wildman–Crippen MR) is 126 cm³/mol. The number of nitro benzene ring substituents is 1. The van der Waals surface area contributed by atoms with Crippen molar-refractivity contribution in [2.24, 2.45) is 0 Å². The van der Waals surface area contributed by atoms with E-state index >= 15 is 0 Å². The second-order valence-corrected chi connectivity index (χ2v) is 11.8. The molecule has 8 nitrogen and oxygen atoms in total. The van der Waals surface area contributed by atoms with Gasteiger partial charge in [-0.25, -0.2) is 18.1 Å². The molecule has 0 spiro atoms. The Morgan fingerprint density at radius 3 is 2.20 bits per heavy atom. The van der Waals surface area contributed by atoms with Gasteiger partial charge in [-0.3, -0.25) is 19.2 Å². The van der Waals surface area contributed by atoms with E-state index < -0.39 is 24.6 Å². The van der Waals surface area contributed by atoms with Crippen molar-refractivity contribution in [2.45, 2.75) is 50.6 Å². The summed E-state index contributed by atoms with van der Waals surface area (Å²) in [7, 11) is -3.06. The fourth-order valence-electron chi connectivity index (χ4n) is 4.50. The quantitative estimate of drug-likeness (QED) is 0.166. The maximum absolute atomic E-state index is 13.5. The smallest absolute Gasteiger partial charge is 0.346 e. The molecule has 2 aliphatic heterocycles. The second kappa shape index (κ2) is 9.24. The largest absolute Gasteiger partial charge is 0.450 e. The third kappa shape index (κ3) is 5.40. The number of halogens is 2. The van der Waals surface area contributed by atoms with Gasteiger partial charge in [0.15, 0.2) is 0 Å². The highest BCUT2D eigenvalue weighted by molar-refractivity contribution is 7.54. The summed E-state index contributed by atoms with van der Waals surface area (Å²) < 4.78 is 55.8. The Morgan fingerprint density at radius 1 is 1.06 bits per heavy atom. The third-order valence-corrected chi connectivity index (χ3v) is 9.62. The molecule has 0 radical (unpaired) electrons. The highest BCUT2D eigenvalue weighted by Gasteiger charge is 2.50. The topological polar surface area (TPSA) is 84.7 Å². The van der Waals surface area contributed by atoms with E-state index in [0.717, 1.165) is 31.7 Å². The summed E-state index contributed by atoms with van der Waals surface area (Å²) in [6, 6.07) is 11.6. The average molecular weight is 507 g/mol. The van der Waals surface area contributed by atoms with Crippen LogP contribution in [0.5, 0.6) is 11.5 Å². The molecule has 3 fully saturated rings. The molecule has 2 aromatic rings. The van der Waals surface area contributed by atoms with Crippen LogP contribution in [0.25, 0.3) is 0 Å². The molecule has 2 aromatic carbocycles. The summed E-state index contributed by atoms with van der Waals surface area (Å²) in [6.07, 6.45) is 0.0705. The Hall–Kier alpha value is -2.39. The van der Waals surface area contributed by atoms with Gasteiger partial charge in [0, 0.05) is 45.1 Å². The average Bonchev–Trinajstić information content (AvgIpc) is 3.71. The molecule has 1 atom stereocenters. The maximum Gasteiger partial charge on any atom is 0.346 e. The van der Waals surface area contributed by atoms with E-state index in [1.54, 1.807) is 31.2 Å². The van der Waals surface area contributed by atoms with Crippen molar-refractivity contribution in [3.63, 3.8) is 0 Å². The summed E-state index contributed by atoms with van der Waals surface area (Å²) in [5.74, 6) is -2.05. The van der Waals surface area contributed by atoms with Gasteiger partial charge < -0.3 is 4.74 Å². The van der Waals surface area contributed by atoms with Crippen LogP contribution in [-0.2, 0) is 9.09 Å². The molecule has 1 saturated carbocycles. The number of benzene rings is 2. The zero-order chi connectivity index (χ0) is 24.8. The number of nitrogens with zero attached hydrogens (tertiary/aromatic N) is 3. The Kier molecular flexibility index (Phi) is 6.42. The molecule has 0 bridgehead atoms. The van der Waals surface area contributed by atoms with Gasteiger partial charge >= 0.3 is 13.4 Å². The fraction of sp³-hybridized carbons (Fsp3) is 0.500. The van der Waals surface area contributed by atoms with Crippen molar-refractivity contribution in [3.8, 4) is 11.5 Å². The molecular weight excluding hydrogens is 479 g/mol. The molecular formula is C24H28F2N3O5P. The zero-order valence-corrected chi connectivity index (χ0v) is 20.3. The summed E-state index contributed by atoms with van der Waals surface area (Å²) in [5, 5.41) is 11.6. The molecule has 0 amide bonds. The van der Waals surface area contributed by atoms with E-state index in [2.05, 4.69) is 0 Å². The lowest BCUT2D eigenvalue weighted by atomic mass is 9.82. The summed E-state index contributed by atoms with van der Waals surface area (Å²) >= 11 is 0. The lowest BCUT2D eigenvalue weighted by molar-refractivity contribution is -0.385. The molecule has 2 saturated heterocycles. The number of alkyl halides is 2. The van der Waals surface area contributed by atoms with E-state index in [1.165, 1.54) is 6.07 Å². The summed E-state index contributed by atoms with van der Waals surface area (Å²) in [4.78, 5) is 11.1. The Morgan fingerprint density at radius 2 is 1.66 bits per heavy atom. The van der Waals surface area contributed by atoms with Crippen LogP contribution >= 0.6 is 7.67 Å². The molecule has 35 heavy (non-hydrogen) atoms. The van der Waals surface area contributed by atoms with Crippen molar-refractivity contribution in [1.82, 2.24) is 9.34 Å². The van der Waals surface area contributed by atoms with Crippen LogP contribution < -0.4 is 4.74 Å². The second-order valence-electron chi connectivity index (χ2n) is 9.43. The lowest BCUT2D eigenvalue weighted by Gasteiger charge is -2.28. The Balaban J connectivity index is 1.32. The maximum atomic E-state index is 13.5. The minimum Gasteiger partial charge on any atom is -0.450 e. The molecule has 1 unspecified atom stereocenters. The number of nitro groups is 1. The van der Waals surface area contributed by atoms with Crippen LogP contribution in [0, 0.1) is 10.1 Å². The van der Waals surface area contributed by atoms with Crippen LogP contribution in [0.3, 0.4) is 0 Å². The first kappa shape index (κ1) is 24.3. The normalized spacial score (nSPS) is 21.5. The van der Waals surface area contributed by atoms with Crippen molar-refractivity contribution in [2.75, 3.05) is 26.2 Å². The predicted octanol–water partition coefficient (Wildman–Crippen LogP) is 6.50. The highest BCUT2D eigenvalue weighted by atomic mass is 31.2. The van der Waals surface area contributed by atoms with Crippen LogP contribution in [0.4, 0.5) is 14.5 Å². The standard InChI is InChI=1S/C24H28F2N3O5P/c1-17(34-35(32,27-12-13-27)28-14-15-28)20-4-7-22(29(30)31)23(16-20)33-21-5-2-18(3-6-21)19-8-10-24(25,26)11-9-19/h2-7,16-17,19H,8-15H2,1H3. The molecule has 11 heteroatoms. The third-order valence-electron chi connectivity index (χ3n) is 6.80. The van der Waals surface area contributed by atoms with Gasteiger partial charge in [-0.1, -0.05) is 12.1 Å². The lowest BCUT2D eigenvalue weighted by Crippen LogP contribution is -2.23. The number of hydrogen-bond acceptors (Lipinski definition) is 5. The number of hydrogen-bond donors (Lipinski definition) is 0. The fourth-order valence-corrected chi connectivity index (χ4v) is 6.85. The summed E-state index contributed by atoms with van der Waals surface area (Å²) in [5.41, 5.74) is 1.38. The Labute approximate surface area is 202 Å². The van der Waals surface area contributed by atoms with Gasteiger partial charge in [0.1, 0.15) is 5.75 Å². The molecule has 188 valence electrons. The minimum atomic E-state index is -3.06. The Bertz CT molecular complexity index is 1130. The van der Waals surface area contributed by atoms with Crippen LogP contribution in [0.1, 0.15) is 55.8 Å². The molecule has 0 N–H and O–H groups in total. The molecule has 0 aromatic heterocycles. The highest BCUT2D eigenvalue weighted by Crippen LogP contribution is 2.63. The first-order valence-electron chi connectivity index (χ1n) is 11.9. The first-order chi connectivity index (χ1) is 16.6. The van der Waals surface area contributed by atoms with E-state index in [4.69, 9.17) is 9.26 Å². The van der Waals surface area contributed by atoms with Crippen molar-refractivity contribution < 1.29 is 27.5 Å². The van der Waals surface area contributed by atoms with Gasteiger partial charge in [-0.15, -0.1) is 0 Å². The van der Waals surface area contributed by atoms with E-state index in [1.807, 2.05) is 21.5 Å². The van der Waals surface area contributed by atoms with Crippen LogP contribution in [-0.4, -0.2) is 46.4 Å². The van der Waals surface area contributed by atoms with Gasteiger partial charge in [-0.2, -0.15) is 0 Å². The van der Waals surface area contributed by atoms with Crippen LogP contribution in [0.15, 0.2) is 42.5 Å². The van der Waals surface area contributed by atoms with E-state index in [0.29, 0.717) is 24.2 Å². The van der Waals surface area contributed by atoms with Crippen LogP contribution in [0.2, 0.25) is 0 Å². The van der Waals surface area contributed by atoms with Gasteiger partial charge in [0.2, 0.25) is 11.7 Å².